The molecule has 2 heterocycles. The summed E-state index contributed by atoms with van der Waals surface area (Å²) in [5.41, 5.74) is -5.27. The summed E-state index contributed by atoms with van der Waals surface area (Å²) in [4.78, 5) is 15.7. The largest absolute Gasteiger partial charge is 0.511 e. The Morgan fingerprint density at radius 2 is 1.87 bits per heavy atom. The number of hydrogen-bond donors (Lipinski definition) is 3. The zero-order valence-corrected chi connectivity index (χ0v) is 19.4. The predicted octanol–water partition coefficient (Wildman–Crippen LogP) is 1.35. The van der Waals surface area contributed by atoms with Gasteiger partial charge in [-0.25, -0.2) is 8.42 Å². The zero-order chi connectivity index (χ0) is 21.5. The first-order chi connectivity index (χ1) is 13.6. The molecular weight excluding hydrogens is 542 g/mol. The summed E-state index contributed by atoms with van der Waals surface area (Å²) in [7, 11) is -3.70. The predicted molar refractivity (Wildman–Crippen MR) is 115 cm³/mol. The van der Waals surface area contributed by atoms with Crippen molar-refractivity contribution in [1.29, 1.82) is 0 Å². The molecule has 1 fully saturated rings. The number of carbonyl (C=O) groups excluding carboxylic acids is 1. The van der Waals surface area contributed by atoms with Crippen LogP contribution < -0.4 is 16.0 Å². The first-order valence-electron chi connectivity index (χ1n) is 8.97. The highest BCUT2D eigenvalue weighted by Gasteiger charge is 2.50. The number of alkyl halides is 3. The average Bonchev–Trinajstić information content (AvgIpc) is 3.21. The van der Waals surface area contributed by atoms with E-state index in [2.05, 4.69) is 20.9 Å². The molecule has 0 bridgehead atoms. The summed E-state index contributed by atoms with van der Waals surface area (Å²) in [6, 6.07) is 3.16. The fourth-order valence-electron chi connectivity index (χ4n) is 2.81. The Morgan fingerprint density at radius 1 is 1.23 bits per heavy atom. The van der Waals surface area contributed by atoms with E-state index in [0.29, 0.717) is 42.7 Å². The van der Waals surface area contributed by atoms with E-state index in [-0.39, 0.29) is 54.7 Å². The third-order valence-corrected chi connectivity index (χ3v) is 6.07. The summed E-state index contributed by atoms with van der Waals surface area (Å²) >= 11 is 0. The van der Waals surface area contributed by atoms with Gasteiger partial charge in [0.25, 0.3) is 5.91 Å². The van der Waals surface area contributed by atoms with Crippen LogP contribution in [-0.2, 0) is 10.0 Å². The molecule has 0 unspecified atom stereocenters. The first-order valence-corrected chi connectivity index (χ1v) is 10.4. The second-order valence-electron chi connectivity index (χ2n) is 6.41. The van der Waals surface area contributed by atoms with Gasteiger partial charge < -0.3 is 20.4 Å². The topological polar surface area (TPSA) is 116 Å². The lowest BCUT2D eigenvalue weighted by Crippen LogP contribution is -2.47. The number of nitrogens with zero attached hydrogens (tertiary/aromatic N) is 2. The minimum Gasteiger partial charge on any atom is -0.459 e. The molecule has 1 aliphatic rings. The highest BCUT2D eigenvalue weighted by atomic mass is 127. The number of halogens is 4. The van der Waals surface area contributed by atoms with E-state index >= 15 is 0 Å². The maximum absolute atomic E-state index is 12.6. The number of sulfonamides is 1. The van der Waals surface area contributed by atoms with Crippen LogP contribution in [-0.4, -0.2) is 69.9 Å². The summed E-state index contributed by atoms with van der Waals surface area (Å²) in [5.74, 6) is 0.376. The van der Waals surface area contributed by atoms with Crippen molar-refractivity contribution in [2.45, 2.75) is 18.3 Å². The van der Waals surface area contributed by atoms with Gasteiger partial charge in [-0.2, -0.15) is 17.5 Å². The monoisotopic (exact) mass is 567 g/mol. The van der Waals surface area contributed by atoms with Gasteiger partial charge in [-0.3, -0.25) is 9.79 Å². The molecule has 30 heavy (non-hydrogen) atoms. The highest BCUT2D eigenvalue weighted by molar-refractivity contribution is 14.0. The van der Waals surface area contributed by atoms with E-state index in [1.54, 1.807) is 19.2 Å². The Morgan fingerprint density at radius 3 is 2.40 bits per heavy atom. The van der Waals surface area contributed by atoms with Crippen molar-refractivity contribution in [3.8, 4) is 0 Å². The van der Waals surface area contributed by atoms with E-state index in [1.165, 1.54) is 6.26 Å². The van der Waals surface area contributed by atoms with Crippen molar-refractivity contribution in [3.05, 3.63) is 24.2 Å². The number of aliphatic imine (C=N–C) groups is 1. The van der Waals surface area contributed by atoms with Crippen LogP contribution in [0.3, 0.4) is 0 Å². The molecule has 1 saturated heterocycles. The molecule has 0 radical (unpaired) electrons. The van der Waals surface area contributed by atoms with Gasteiger partial charge in [-0.05, 0) is 30.9 Å². The minimum atomic E-state index is -5.27. The van der Waals surface area contributed by atoms with Crippen LogP contribution in [0.15, 0.2) is 27.8 Å². The van der Waals surface area contributed by atoms with E-state index in [0.717, 1.165) is 0 Å². The molecule has 1 aromatic heterocycles. The molecule has 1 amide bonds. The number of rotatable bonds is 7. The fourth-order valence-corrected chi connectivity index (χ4v) is 3.80. The lowest BCUT2D eigenvalue weighted by Gasteiger charge is -2.31. The molecule has 2 rings (SSSR count). The van der Waals surface area contributed by atoms with Crippen LogP contribution in [0.5, 0.6) is 0 Å². The summed E-state index contributed by atoms with van der Waals surface area (Å²) in [5, 5.41) is 8.73. The SMILES string of the molecule is CN=C(NCCNC(=O)c1ccco1)NCC1CCN(S(=O)(=O)C(F)(F)F)CC1.I. The van der Waals surface area contributed by atoms with Gasteiger partial charge >= 0.3 is 15.5 Å². The van der Waals surface area contributed by atoms with Crippen LogP contribution in [0.4, 0.5) is 13.2 Å². The van der Waals surface area contributed by atoms with Gasteiger partial charge in [0.1, 0.15) is 0 Å². The van der Waals surface area contributed by atoms with Gasteiger partial charge in [0.15, 0.2) is 11.7 Å². The molecule has 9 nitrogen and oxygen atoms in total. The molecule has 0 saturated carbocycles. The maximum Gasteiger partial charge on any atom is 0.511 e. The number of piperidine rings is 1. The Balaban J connectivity index is 0.00000450. The first kappa shape index (κ1) is 26.5. The van der Waals surface area contributed by atoms with Crippen molar-refractivity contribution in [2.75, 3.05) is 39.8 Å². The average molecular weight is 567 g/mol. The number of nitrogens with one attached hydrogen (secondary N) is 3. The molecule has 0 spiro atoms. The van der Waals surface area contributed by atoms with Crippen LogP contribution >= 0.6 is 24.0 Å². The number of hydrogen-bond acceptors (Lipinski definition) is 5. The molecule has 0 aromatic carbocycles. The third kappa shape index (κ3) is 7.30. The van der Waals surface area contributed by atoms with E-state index in [9.17, 15) is 26.4 Å². The lowest BCUT2D eigenvalue weighted by molar-refractivity contribution is -0.0496. The van der Waals surface area contributed by atoms with Crippen LogP contribution in [0.2, 0.25) is 0 Å². The molecule has 14 heteroatoms. The van der Waals surface area contributed by atoms with Gasteiger partial charge in [-0.15, -0.1) is 24.0 Å². The Bertz CT molecular complexity index is 794. The molecule has 1 aromatic rings. The van der Waals surface area contributed by atoms with Crippen molar-refractivity contribution in [2.24, 2.45) is 10.9 Å². The van der Waals surface area contributed by atoms with Crippen molar-refractivity contribution >= 4 is 45.9 Å². The molecule has 0 aliphatic carbocycles. The second kappa shape index (κ2) is 11.7. The Hall–Kier alpha value is -1.55. The smallest absolute Gasteiger partial charge is 0.459 e. The summed E-state index contributed by atoms with van der Waals surface area (Å²) in [6.45, 7) is 0.832. The molecule has 3 N–H and O–H groups in total. The van der Waals surface area contributed by atoms with Crippen molar-refractivity contribution in [1.82, 2.24) is 20.3 Å². The Labute approximate surface area is 189 Å². The van der Waals surface area contributed by atoms with Crippen LogP contribution in [0, 0.1) is 5.92 Å². The number of furan rings is 1. The number of guanidine groups is 1. The fraction of sp³-hybridized carbons (Fsp3) is 0.625. The van der Waals surface area contributed by atoms with E-state index < -0.39 is 15.5 Å². The van der Waals surface area contributed by atoms with Crippen LogP contribution in [0.25, 0.3) is 0 Å². The van der Waals surface area contributed by atoms with Crippen molar-refractivity contribution < 1.29 is 30.8 Å². The highest BCUT2D eigenvalue weighted by Crippen LogP contribution is 2.30. The second-order valence-corrected chi connectivity index (χ2v) is 8.34. The van der Waals surface area contributed by atoms with E-state index in [4.69, 9.17) is 4.42 Å². The van der Waals surface area contributed by atoms with E-state index in [1.807, 2.05) is 0 Å². The summed E-state index contributed by atoms with van der Waals surface area (Å²) < 4.78 is 66.1. The van der Waals surface area contributed by atoms with Gasteiger partial charge in [-0.1, -0.05) is 0 Å². The quantitative estimate of drug-likeness (QED) is 0.199. The molecule has 1 aliphatic heterocycles. The van der Waals surface area contributed by atoms with Gasteiger partial charge in [0.05, 0.1) is 6.26 Å². The molecule has 0 atom stereocenters. The van der Waals surface area contributed by atoms with Crippen molar-refractivity contribution in [3.63, 3.8) is 0 Å². The third-order valence-electron chi connectivity index (χ3n) is 4.44. The standard InChI is InChI=1S/C16H24F3N5O4S.HI/c1-20-15(22-7-6-21-14(25)13-3-2-10-28-13)23-11-12-4-8-24(9-5-12)29(26,27)16(17,18)19;/h2-3,10,12H,4-9,11H2,1H3,(H,21,25)(H2,20,22,23);1H. The van der Waals surface area contributed by atoms with Gasteiger partial charge in [0, 0.05) is 39.8 Å². The lowest BCUT2D eigenvalue weighted by atomic mass is 9.98. The number of amides is 1. The minimum absolute atomic E-state index is 0. The Kier molecular flexibility index (Phi) is 10.4. The van der Waals surface area contributed by atoms with Crippen LogP contribution in [0.1, 0.15) is 23.4 Å². The zero-order valence-electron chi connectivity index (χ0n) is 16.2. The van der Waals surface area contributed by atoms with Gasteiger partial charge in [0.2, 0.25) is 0 Å². The number of carbonyl (C=O) groups is 1. The molecule has 172 valence electrons. The maximum atomic E-state index is 12.6. The summed E-state index contributed by atoms with van der Waals surface area (Å²) in [6.07, 6.45) is 2.04. The normalized spacial score (nSPS) is 16.6. The molecular formula is C16H25F3IN5O4S.